The van der Waals surface area contributed by atoms with Crippen LogP contribution in [0.5, 0.6) is 23.1 Å². The first-order valence-corrected chi connectivity index (χ1v) is 37.5. The highest BCUT2D eigenvalue weighted by Gasteiger charge is 2.49. The Bertz CT molecular complexity index is 4810. The number of hydrogen-bond acceptors (Lipinski definition) is 24. The van der Waals surface area contributed by atoms with Crippen LogP contribution in [0.4, 0.5) is 19.7 Å². The van der Waals surface area contributed by atoms with Crippen molar-refractivity contribution < 1.29 is 106 Å². The van der Waals surface area contributed by atoms with E-state index in [4.69, 9.17) is 56.5 Å². The number of urea groups is 1. The lowest BCUT2D eigenvalue weighted by Gasteiger charge is -2.42. The number of aromatic nitrogens is 4. The summed E-state index contributed by atoms with van der Waals surface area (Å²) < 4.78 is 49.7. The van der Waals surface area contributed by atoms with E-state index >= 15 is 0 Å². The quantitative estimate of drug-likeness (QED) is 0.0163. The number of amides is 6. The van der Waals surface area contributed by atoms with E-state index in [0.29, 0.717) is 127 Å². The number of likely N-dealkylation sites (N-methyl/N-ethyl adjacent to an activating group) is 1. The Kier molecular flexibility index (Phi) is 28.8. The highest BCUT2D eigenvalue weighted by Crippen LogP contribution is 2.50. The summed E-state index contributed by atoms with van der Waals surface area (Å²) in [5.41, 5.74) is 17.1. The summed E-state index contributed by atoms with van der Waals surface area (Å²) in [6.45, 7) is 8.72. The molecule has 33 nitrogen and oxygen atoms in total. The third-order valence-corrected chi connectivity index (χ3v) is 21.2. The summed E-state index contributed by atoms with van der Waals surface area (Å²) in [7, 11) is 5.00. The molecule has 0 radical (unpaired) electrons. The van der Waals surface area contributed by atoms with Crippen molar-refractivity contribution in [2.24, 2.45) is 17.4 Å². The van der Waals surface area contributed by atoms with E-state index in [-0.39, 0.29) is 68.1 Å². The highest BCUT2D eigenvalue weighted by molar-refractivity contribution is 7.22. The zero-order chi connectivity index (χ0) is 82.2. The summed E-state index contributed by atoms with van der Waals surface area (Å²) in [6, 6.07) is 25.8. The number of carbonyl (C=O) groups is 8. The van der Waals surface area contributed by atoms with Gasteiger partial charge in [0.25, 0.3) is 0 Å². The molecule has 2 aliphatic rings. The first-order valence-electron chi connectivity index (χ1n) is 36.3. The summed E-state index contributed by atoms with van der Waals surface area (Å²) in [4.78, 5) is 126. The molecule has 14 N–H and O–H groups in total. The number of quaternary nitrogens is 1. The van der Waals surface area contributed by atoms with Gasteiger partial charge in [-0.15, -0.1) is 11.3 Å². The number of methoxy groups -OCH3 is 1. The molecule has 3 aromatic heterocycles. The molecule has 2 saturated heterocycles. The fourth-order valence-corrected chi connectivity index (χ4v) is 14.4. The Morgan fingerprint density at radius 2 is 1.53 bits per heavy atom. The second-order valence-electron chi connectivity index (χ2n) is 28.1. The van der Waals surface area contributed by atoms with Crippen LogP contribution in [0.3, 0.4) is 0 Å². The standard InChI is InChI=1S/C78H89ClFN13O20S/c1-41(2)62(81)70(99)89-52(14-11-26-84-77(82)106)69(98)88-48-22-19-45(46(34-48)37-91(4)58(94)36-53(73(100)101)90-78(107)113-76-65(97)63(95)64(96)66(112-76)75(104)105)38-93(5)31-28-92(29-32-93)30-33-109-56-24-23-50(42(3)61(56)79)59-60-71(85-40-86-72(60)114-67(59)43-17-20-47(80)21-18-43)111-57(74(102)103)35-44-12-7-9-15-54(44)110-39-49-25-27-83-68(87-49)51-13-8-10-16-55(51)108-6/h7-10,12-13,15-25,27,34,40-41,52-53,57,62-66,76,95-97H,11,14,26,28-33,35-39,81H2,1-6H3,(H8-,82,84,88,89,90,98,99,100,101,102,103,104,105,106,107)/p+1/t52-,53-,57+,62-,63-,64-,65+,66-,76?/m0/s1. The van der Waals surface area contributed by atoms with Crippen molar-refractivity contribution in [3.63, 3.8) is 0 Å². The number of rotatable bonds is 35. The molecule has 114 heavy (non-hydrogen) atoms. The molecular formula is C78H90ClFN13O20S+. The number of aliphatic carboxylic acids is 3. The SMILES string of the molecule is COc1ccccc1-c1nccc(COc2ccccc2C[C@@H](Oc2ncnc3sc(-c4ccc(F)cc4)c(-c4ccc(OCCN5CC[N+](C)(Cc6ccc(NC(=O)[C@H](CCCNC(N)=O)NC(=O)[C@@H](N)C(C)C)cc6CN(C)C(=O)C[C@H](NC(=O)OC6O[C@H](C(=O)O)[C@@H](O)[C@H](O)[C@H]6O)C(=O)O)CC5)c(Cl)c4C)c23)C(=O)O)n1. The van der Waals surface area contributed by atoms with Crippen molar-refractivity contribution >= 4 is 86.6 Å². The predicted octanol–water partition coefficient (Wildman–Crippen LogP) is 5.86. The molecule has 10 rings (SSSR count). The Balaban J connectivity index is 0.829. The van der Waals surface area contributed by atoms with E-state index in [2.05, 4.69) is 42.8 Å². The fourth-order valence-electron chi connectivity index (χ4n) is 13.0. The van der Waals surface area contributed by atoms with E-state index in [1.165, 1.54) is 41.7 Å². The maximum Gasteiger partial charge on any atom is 0.410 e. The van der Waals surface area contributed by atoms with Crippen molar-refractivity contribution in [1.82, 2.24) is 45.7 Å². The van der Waals surface area contributed by atoms with Gasteiger partial charge in [0.15, 0.2) is 11.9 Å². The average Bonchev–Trinajstić information content (AvgIpc) is 1.59. The van der Waals surface area contributed by atoms with Crippen LogP contribution in [-0.2, 0) is 64.4 Å². The van der Waals surface area contributed by atoms with Gasteiger partial charge >= 0.3 is 30.0 Å². The van der Waals surface area contributed by atoms with Gasteiger partial charge in [-0.1, -0.05) is 80.0 Å². The van der Waals surface area contributed by atoms with Crippen LogP contribution < -0.4 is 51.7 Å². The van der Waals surface area contributed by atoms with Gasteiger partial charge in [-0.2, -0.15) is 0 Å². The largest absolute Gasteiger partial charge is 0.496 e. The lowest BCUT2D eigenvalue weighted by atomic mass is 9.96. The number of anilines is 1. The number of para-hydroxylation sites is 2. The minimum Gasteiger partial charge on any atom is -0.496 e. The topological polar surface area (TPSA) is 472 Å². The third kappa shape index (κ3) is 21.5. The summed E-state index contributed by atoms with van der Waals surface area (Å²) >= 11 is 8.56. The normalized spacial score (nSPS) is 17.8. The number of thiophene rings is 1. The number of hydrogen-bond donors (Lipinski definition) is 12. The van der Waals surface area contributed by atoms with Gasteiger partial charge in [0.05, 0.1) is 61.4 Å². The number of ether oxygens (including phenoxy) is 6. The number of nitrogens with two attached hydrogens (primary N) is 2. The molecule has 5 aromatic carbocycles. The number of benzene rings is 5. The van der Waals surface area contributed by atoms with Crippen LogP contribution in [0.15, 0.2) is 122 Å². The van der Waals surface area contributed by atoms with Crippen molar-refractivity contribution in [3.8, 4) is 56.1 Å². The summed E-state index contributed by atoms with van der Waals surface area (Å²) in [5, 5.41) is 71.8. The molecule has 36 heteroatoms. The number of carboxylic acids is 3. The van der Waals surface area contributed by atoms with Gasteiger partial charge < -0.3 is 101 Å². The van der Waals surface area contributed by atoms with Gasteiger partial charge in [0.2, 0.25) is 36.0 Å². The maximum absolute atomic E-state index is 14.6. The van der Waals surface area contributed by atoms with Crippen LogP contribution >= 0.6 is 22.9 Å². The number of carbonyl (C=O) groups excluding carboxylic acids is 5. The Hall–Kier alpha value is -11.3. The lowest BCUT2D eigenvalue weighted by Crippen LogP contribution is -2.61. The van der Waals surface area contributed by atoms with Gasteiger partial charge in [-0.05, 0) is 108 Å². The van der Waals surface area contributed by atoms with Crippen LogP contribution in [0.2, 0.25) is 5.02 Å². The molecule has 0 bridgehead atoms. The second-order valence-corrected chi connectivity index (χ2v) is 29.5. The number of nitrogens with zero attached hydrogens (tertiary/aromatic N) is 7. The predicted molar refractivity (Wildman–Crippen MR) is 413 cm³/mol. The van der Waals surface area contributed by atoms with Crippen molar-refractivity contribution in [3.05, 3.63) is 161 Å². The molecule has 606 valence electrons. The number of nitrogens with one attached hydrogen (secondary N) is 4. The van der Waals surface area contributed by atoms with Gasteiger partial charge in [0, 0.05) is 74.1 Å². The van der Waals surface area contributed by atoms with Gasteiger partial charge in [-0.3, -0.25) is 19.3 Å². The number of carboxylic acid groups (broad SMARTS) is 3. The molecule has 8 aromatic rings. The van der Waals surface area contributed by atoms with E-state index in [9.17, 15) is 73.4 Å². The molecule has 9 atom stereocenters. The Morgan fingerprint density at radius 1 is 0.807 bits per heavy atom. The number of aliphatic hydroxyl groups is 3. The smallest absolute Gasteiger partial charge is 0.410 e. The molecule has 0 aliphatic carbocycles. The first kappa shape index (κ1) is 85.2. The fraction of sp³-hybridized carbons (Fsp3) is 0.385. The number of primary amides is 1. The molecule has 0 spiro atoms. The number of halogens is 2. The van der Waals surface area contributed by atoms with Gasteiger partial charge in [-0.25, -0.2) is 48.3 Å². The molecule has 5 heterocycles. The van der Waals surface area contributed by atoms with E-state index in [0.717, 1.165) is 5.56 Å². The van der Waals surface area contributed by atoms with Crippen LogP contribution in [0.25, 0.3) is 43.2 Å². The zero-order valence-electron chi connectivity index (χ0n) is 63.1. The number of piperazine rings is 1. The first-order chi connectivity index (χ1) is 54.4. The minimum atomic E-state index is -2.18. The molecule has 2 fully saturated rings. The summed E-state index contributed by atoms with van der Waals surface area (Å²) in [5.74, 6) is -5.75. The van der Waals surface area contributed by atoms with Crippen molar-refractivity contribution in [2.45, 2.75) is 121 Å². The molecular weight excluding hydrogens is 1530 g/mol. The molecule has 6 amide bonds. The van der Waals surface area contributed by atoms with Crippen molar-refractivity contribution in [2.75, 3.05) is 72.4 Å². The van der Waals surface area contributed by atoms with E-state index in [1.54, 1.807) is 93.9 Å². The van der Waals surface area contributed by atoms with Crippen LogP contribution in [0.1, 0.15) is 61.1 Å². The average molecular weight is 1620 g/mol. The highest BCUT2D eigenvalue weighted by atomic mass is 35.5. The second kappa shape index (κ2) is 38.5. The minimum absolute atomic E-state index is 0.0227. The molecule has 1 unspecified atom stereocenters. The van der Waals surface area contributed by atoms with Crippen LogP contribution in [0, 0.1) is 18.7 Å². The maximum atomic E-state index is 14.6. The third-order valence-electron chi connectivity index (χ3n) is 19.6. The number of aliphatic hydroxyl groups excluding tert-OH is 3. The van der Waals surface area contributed by atoms with Gasteiger partial charge in [0.1, 0.15) is 84.4 Å². The number of alkyl carbamates (subject to hydrolysis) is 1. The Morgan fingerprint density at radius 3 is 2.22 bits per heavy atom. The number of fused-ring (bicyclic) bond motifs is 1. The Labute approximate surface area is 662 Å². The van der Waals surface area contributed by atoms with Crippen molar-refractivity contribution in [1.29, 1.82) is 0 Å². The zero-order valence-corrected chi connectivity index (χ0v) is 64.6. The lowest BCUT2D eigenvalue weighted by molar-refractivity contribution is -0.926. The monoisotopic (exact) mass is 1610 g/mol. The van der Waals surface area contributed by atoms with E-state index < -0.39 is 115 Å². The molecule has 0 saturated carbocycles. The molecule has 2 aliphatic heterocycles. The van der Waals surface area contributed by atoms with Crippen LogP contribution in [-0.4, -0.2) is 235 Å². The van der Waals surface area contributed by atoms with E-state index in [1.807, 2.05) is 42.6 Å². The summed E-state index contributed by atoms with van der Waals surface area (Å²) in [6.07, 6.45) is -11.7.